The molecule has 19 aliphatic carbocycles. The number of ketones is 4. The van der Waals surface area contributed by atoms with Gasteiger partial charge in [-0.05, 0) is 470 Å². The average molecular weight is 1820 g/mol. The fourth-order valence-electron chi connectivity index (χ4n) is 37.3. The van der Waals surface area contributed by atoms with E-state index in [0.717, 1.165) is 186 Å². The minimum Gasteiger partial charge on any atom is -0.390 e. The quantitative estimate of drug-likeness (QED) is 0.0759. The van der Waals surface area contributed by atoms with Crippen LogP contribution in [-0.4, -0.2) is 126 Å². The van der Waals surface area contributed by atoms with Crippen molar-refractivity contribution >= 4 is 40.4 Å². The molecule has 0 aromatic carbocycles. The van der Waals surface area contributed by atoms with Crippen LogP contribution in [0.4, 0.5) is 18.9 Å². The predicted octanol–water partition coefficient (Wildman–Crippen LogP) is 20.2. The number of alkyl halides is 3. The van der Waals surface area contributed by atoms with Crippen LogP contribution in [0.5, 0.6) is 0 Å². The first kappa shape index (κ1) is 92.4. The number of carbonyl (C=O) groups is 4. The molecule has 130 heavy (non-hydrogen) atoms. The Morgan fingerprint density at radius 1 is 0.408 bits per heavy atom. The Kier molecular flexibility index (Phi) is 24.6. The van der Waals surface area contributed by atoms with E-state index < -0.39 is 34.3 Å². The topological polar surface area (TPSA) is 276 Å². The van der Waals surface area contributed by atoms with Gasteiger partial charge in [-0.3, -0.25) is 28.5 Å². The fourth-order valence-corrected chi connectivity index (χ4v) is 37.5. The lowest BCUT2D eigenvalue weighted by Gasteiger charge is -2.57. The van der Waals surface area contributed by atoms with E-state index in [4.69, 9.17) is 18.2 Å². The fraction of sp³-hybridized carbons (Fsp3) is 0.876. The first-order valence-electron chi connectivity index (χ1n) is 52.5. The van der Waals surface area contributed by atoms with Gasteiger partial charge < -0.3 is 20.4 Å². The summed E-state index contributed by atoms with van der Waals surface area (Å²) in [6, 6.07) is 0.963. The van der Waals surface area contributed by atoms with Gasteiger partial charge in [0.15, 0.2) is 46.6 Å². The SMILES string of the molecule is CC[C@@H]1C[C@H](C(=O)Cn2ncnn2)[C@@]2(C)CC[C@H]3[C@@H](CC[C@@H]4C[C@](C)(O)CC[C@@H]43)[C@H]12.C[C@@]1(O)CC[C@H]2[C@H](CC[C@@H]3[C@@H]2CC[C@@]2(C)[C@H]3[C@H](C3CC3)C[C@@H]2C(=O)Cn2ccc(C(F)(F)F)n2)C1.C[C@@]1(O)CC[C@H]2[C@H](CC[C@@H]3[C@@H]2CC[C@@]2(C)[C@H]3[C@H](C3CC3)C[C@@H]2C(=O)Cn2ncnn2)C1.[C-]#[N+]c1cn(CC(=O)[C@H]2C[C@@H](C3CC3)[C@H]3[C@@H]4CC[C@@H]5C[C@](C)(O)CC[C@@H]5[C@H]4CC[C@@]32C)nc1Cl. The molecule has 36 atom stereocenters. The van der Waals surface area contributed by atoms with Crippen LogP contribution in [0.15, 0.2) is 31.1 Å². The van der Waals surface area contributed by atoms with Gasteiger partial charge in [-0.1, -0.05) is 52.6 Å². The summed E-state index contributed by atoms with van der Waals surface area (Å²) in [5, 5.41) is 74.4. The van der Waals surface area contributed by atoms with Crippen LogP contribution in [0, 0.1) is 212 Å². The van der Waals surface area contributed by atoms with Crippen molar-refractivity contribution in [3.8, 4) is 0 Å². The number of nitrogens with zero attached hydrogens (tertiary/aromatic N) is 13. The number of hydrogen-bond donors (Lipinski definition) is 4. The van der Waals surface area contributed by atoms with Gasteiger partial charge in [-0.15, -0.1) is 20.4 Å². The summed E-state index contributed by atoms with van der Waals surface area (Å²) in [6.45, 7) is 28.1. The highest BCUT2D eigenvalue weighted by Gasteiger charge is 2.69. The zero-order valence-electron chi connectivity index (χ0n) is 79.4. The maximum Gasteiger partial charge on any atom is 0.435 e. The van der Waals surface area contributed by atoms with Gasteiger partial charge >= 0.3 is 6.18 Å². The van der Waals surface area contributed by atoms with Gasteiger partial charge in [0.05, 0.1) is 42.1 Å². The zero-order chi connectivity index (χ0) is 91.1. The molecule has 0 unspecified atom stereocenters. The molecular formula is C105H153ClF3N13O8. The number of aromatic nitrogens is 12. The van der Waals surface area contributed by atoms with Gasteiger partial charge in [-0.2, -0.15) is 33.0 Å². The van der Waals surface area contributed by atoms with E-state index in [9.17, 15) is 52.8 Å². The van der Waals surface area contributed by atoms with Gasteiger partial charge in [0.1, 0.15) is 13.1 Å². The summed E-state index contributed by atoms with van der Waals surface area (Å²) < 4.78 is 41.8. The molecule has 0 saturated heterocycles. The van der Waals surface area contributed by atoms with Crippen molar-refractivity contribution < 1.29 is 52.8 Å². The van der Waals surface area contributed by atoms with E-state index in [1.54, 1.807) is 10.9 Å². The first-order chi connectivity index (χ1) is 61.8. The normalized spacial score (nSPS) is 47.0. The van der Waals surface area contributed by atoms with Crippen LogP contribution in [0.25, 0.3) is 4.85 Å². The number of fused-ring (bicyclic) bond motifs is 20. The highest BCUT2D eigenvalue weighted by molar-refractivity contribution is 6.32. The number of rotatable bonds is 16. The number of hydrogen-bond acceptors (Lipinski definition) is 16. The molecule has 19 saturated carbocycles. The van der Waals surface area contributed by atoms with Crippen molar-refractivity contribution in [1.29, 1.82) is 0 Å². The Morgan fingerprint density at radius 3 is 1.03 bits per heavy atom. The van der Waals surface area contributed by atoms with Crippen molar-refractivity contribution in [2.75, 3.05) is 0 Å². The second-order valence-electron chi connectivity index (χ2n) is 50.2. The van der Waals surface area contributed by atoms with Crippen molar-refractivity contribution in [3.63, 3.8) is 0 Å². The Bertz CT molecular complexity index is 4800. The molecule has 4 heterocycles. The third-order valence-corrected chi connectivity index (χ3v) is 43.1. The molecule has 21 nitrogen and oxygen atoms in total. The molecule has 4 aromatic heterocycles. The largest absolute Gasteiger partial charge is 0.435 e. The number of aliphatic hydroxyl groups is 4. The lowest BCUT2D eigenvalue weighted by Crippen LogP contribution is -2.52. The van der Waals surface area contributed by atoms with Crippen LogP contribution in [0.3, 0.4) is 0 Å². The van der Waals surface area contributed by atoms with E-state index in [2.05, 4.69) is 80.5 Å². The monoisotopic (exact) mass is 1820 g/mol. The lowest BCUT2D eigenvalue weighted by molar-refractivity contribution is -0.142. The smallest absolute Gasteiger partial charge is 0.390 e. The Labute approximate surface area is 774 Å². The third-order valence-electron chi connectivity index (χ3n) is 42.8. The molecule has 0 bridgehead atoms. The van der Waals surface area contributed by atoms with Crippen LogP contribution in [0.2, 0.25) is 5.15 Å². The van der Waals surface area contributed by atoms with Crippen molar-refractivity contribution in [2.24, 2.45) is 205 Å². The van der Waals surface area contributed by atoms with Crippen molar-refractivity contribution in [1.82, 2.24) is 60.0 Å². The first-order valence-corrected chi connectivity index (χ1v) is 52.8. The van der Waals surface area contributed by atoms with Gasteiger partial charge in [-0.25, -0.2) is 4.85 Å². The summed E-state index contributed by atoms with van der Waals surface area (Å²) in [5.41, 5.74) is -2.22. The average Bonchev–Trinajstić information content (AvgIpc) is 1.55. The van der Waals surface area contributed by atoms with E-state index in [1.165, 1.54) is 181 Å². The molecule has 4 aromatic rings. The van der Waals surface area contributed by atoms with Gasteiger partial charge in [0.25, 0.3) is 0 Å². The van der Waals surface area contributed by atoms with Crippen LogP contribution >= 0.6 is 11.6 Å². The van der Waals surface area contributed by atoms with E-state index in [-0.39, 0.29) is 88.2 Å². The van der Waals surface area contributed by atoms with Crippen LogP contribution < -0.4 is 0 Å². The van der Waals surface area contributed by atoms with E-state index in [0.29, 0.717) is 100 Å². The molecule has 19 fully saturated rings. The molecule has 0 radical (unpaired) electrons. The summed E-state index contributed by atoms with van der Waals surface area (Å²) in [4.78, 5) is 60.5. The molecule has 23 rings (SSSR count). The summed E-state index contributed by atoms with van der Waals surface area (Å²) in [7, 11) is 0. The molecular weight excluding hydrogens is 1660 g/mol. The molecule has 0 aliphatic heterocycles. The number of Topliss-reactive ketones (excluding diaryl/α,β-unsaturated/α-hetero) is 4. The van der Waals surface area contributed by atoms with Crippen molar-refractivity contribution in [3.05, 3.63) is 53.4 Å². The van der Waals surface area contributed by atoms with Gasteiger partial charge in [0, 0.05) is 36.1 Å². The molecule has 0 amide bonds. The third kappa shape index (κ3) is 17.2. The second kappa shape index (κ2) is 34.7. The lowest BCUT2D eigenvalue weighted by atomic mass is 9.48. The van der Waals surface area contributed by atoms with E-state index >= 15 is 0 Å². The highest BCUT2D eigenvalue weighted by Crippen LogP contribution is 2.75. The minimum absolute atomic E-state index is 0.0570. The van der Waals surface area contributed by atoms with Crippen molar-refractivity contribution in [2.45, 2.75) is 367 Å². The summed E-state index contributed by atoms with van der Waals surface area (Å²) in [5.74, 6) is 20.8. The maximum atomic E-state index is 13.7. The Hall–Kier alpha value is -5.35. The standard InChI is InChI=1S/C28H38ClN3O2.C28H39F3N2O2.C25H38N4O2.C24H38N4O2/c1-27(34)10-8-18-17(13-27)6-7-20-19(18)9-11-28(2)22(12-21(25(20)28)16-4-5-16)24(33)15-32-14-23(30-3)26(29)31-32;1-26(35)10-7-18-17(14-26)5-6-20-19(18)8-11-27(2)22(13-21(25(20)27)16-3-4-16)23(34)15-33-12-9-24(32-33)28(29,30)31;1-24(31)9-7-17-16(12-24)5-6-19-18(17)8-10-25(2)21(11-20(23(19)25)15-3-4-15)22(30)13-29-27-14-26-28-29;1-4-15-11-20(21(29)13-28-26-14-25-27-28)24(3)10-8-18-17-7-9-23(2,30)12-16(17)5-6-19(18)22(15)24/h14,16-22,25,34H,4-13,15H2,1-2H3;9,12,16-22,25,35H,3-8,10-11,13-15H2,1-2H3;14-21,23,31H,3-13H2,1-2H3;14-20,22,30H,4-13H2,1-3H3/t17-,18+,19-,20-,21+,22-,25-,27-,28-;17-,18+,19-,20-,21+,22-,25-,26-,27-;16-,17+,18-,19-,20+,21-,23-,24-,25-;15-,16-,17+,18-,19-,20-,22+,23-,24-/m1111/s1. The molecule has 0 spiro atoms. The van der Waals surface area contributed by atoms with Gasteiger partial charge in [0.2, 0.25) is 5.69 Å². The number of halogens is 4. The molecule has 4 N–H and O–H groups in total. The van der Waals surface area contributed by atoms with E-state index in [1.807, 2.05) is 27.7 Å². The number of carbonyl (C=O) groups excluding carboxylic acids is 4. The molecule has 714 valence electrons. The molecule has 19 aliphatic rings. The Balaban J connectivity index is 0.000000109. The zero-order valence-corrected chi connectivity index (χ0v) is 80.2. The number of tetrazole rings is 2. The van der Waals surface area contributed by atoms with Crippen LogP contribution in [0.1, 0.15) is 318 Å². The maximum absolute atomic E-state index is 13.7. The predicted molar refractivity (Wildman–Crippen MR) is 485 cm³/mol. The summed E-state index contributed by atoms with van der Waals surface area (Å²) >= 11 is 6.08. The second-order valence-corrected chi connectivity index (χ2v) is 50.5. The molecule has 25 heteroatoms. The Morgan fingerprint density at radius 2 is 0.723 bits per heavy atom. The minimum atomic E-state index is -4.49. The summed E-state index contributed by atoms with van der Waals surface area (Å²) in [6.07, 6.45) is 46.5. The van der Waals surface area contributed by atoms with Crippen LogP contribution in [-0.2, 0) is 51.5 Å². The highest BCUT2D eigenvalue weighted by atomic mass is 35.5.